The molecule has 0 aliphatic heterocycles. The number of anilines is 2. The highest BCUT2D eigenvalue weighted by molar-refractivity contribution is 7.92. The van der Waals surface area contributed by atoms with E-state index in [1.165, 1.54) is 18.2 Å². The molecule has 0 atom stereocenters. The van der Waals surface area contributed by atoms with Gasteiger partial charge in [-0.25, -0.2) is 8.42 Å². The van der Waals surface area contributed by atoms with Crippen molar-refractivity contribution in [1.82, 2.24) is 5.32 Å². The maximum atomic E-state index is 11.9. The highest BCUT2D eigenvalue weighted by Crippen LogP contribution is 2.16. The van der Waals surface area contributed by atoms with Gasteiger partial charge in [0, 0.05) is 29.7 Å². The lowest BCUT2D eigenvalue weighted by atomic mass is 10.1. The smallest absolute Gasteiger partial charge is 0.251 e. The van der Waals surface area contributed by atoms with Gasteiger partial charge in [0.2, 0.25) is 0 Å². The summed E-state index contributed by atoms with van der Waals surface area (Å²) in [4.78, 5) is 11.9. The molecule has 5 N–H and O–H groups in total. The van der Waals surface area contributed by atoms with Crippen molar-refractivity contribution in [3.05, 3.63) is 23.8 Å². The van der Waals surface area contributed by atoms with Gasteiger partial charge >= 0.3 is 0 Å². The molecule has 0 spiro atoms. The Kier molecular flexibility index (Phi) is 4.09. The summed E-state index contributed by atoms with van der Waals surface area (Å²) in [7, 11) is -3.26. The van der Waals surface area contributed by atoms with Gasteiger partial charge in [-0.1, -0.05) is 0 Å². The van der Waals surface area contributed by atoms with Crippen molar-refractivity contribution in [2.24, 2.45) is 0 Å². The van der Waals surface area contributed by atoms with E-state index in [4.69, 9.17) is 11.5 Å². The molecule has 0 aromatic heterocycles. The first-order valence-corrected chi connectivity index (χ1v) is 7.56. The minimum absolute atomic E-state index is 0.0133. The largest absolute Gasteiger partial charge is 0.399 e. The van der Waals surface area contributed by atoms with E-state index in [9.17, 15) is 13.2 Å². The molecule has 106 valence electrons. The van der Waals surface area contributed by atoms with E-state index >= 15 is 0 Å². The predicted molar refractivity (Wildman–Crippen MR) is 76.5 cm³/mol. The summed E-state index contributed by atoms with van der Waals surface area (Å²) < 4.78 is 22.0. The quantitative estimate of drug-likeness (QED) is 0.693. The van der Waals surface area contributed by atoms with Crippen LogP contribution in [-0.4, -0.2) is 31.9 Å². The van der Waals surface area contributed by atoms with Crippen LogP contribution in [0.5, 0.6) is 0 Å². The van der Waals surface area contributed by atoms with Crippen LogP contribution in [0.4, 0.5) is 11.4 Å². The second kappa shape index (κ2) is 5.08. The van der Waals surface area contributed by atoms with Crippen LogP contribution in [0.1, 0.15) is 24.2 Å². The molecule has 0 saturated heterocycles. The fourth-order valence-corrected chi connectivity index (χ4v) is 1.67. The highest BCUT2D eigenvalue weighted by Gasteiger charge is 2.30. The molecule has 1 aromatic carbocycles. The number of benzene rings is 1. The first kappa shape index (κ1) is 15.3. The number of sulfone groups is 1. The van der Waals surface area contributed by atoms with Crippen molar-refractivity contribution in [2.45, 2.75) is 18.6 Å². The maximum absolute atomic E-state index is 11.9. The molecule has 0 saturated carbocycles. The minimum Gasteiger partial charge on any atom is -0.399 e. The molecular formula is C12H19N3O3S. The number of carbonyl (C=O) groups excluding carboxylic acids is 1. The van der Waals surface area contributed by atoms with Gasteiger partial charge in [-0.05, 0) is 32.0 Å². The molecule has 0 unspecified atom stereocenters. The third kappa shape index (κ3) is 3.85. The van der Waals surface area contributed by atoms with E-state index in [1.807, 2.05) is 0 Å². The van der Waals surface area contributed by atoms with E-state index in [1.54, 1.807) is 13.8 Å². The molecule has 1 rings (SSSR count). The Morgan fingerprint density at radius 1 is 1.21 bits per heavy atom. The number of rotatable bonds is 4. The number of hydrogen-bond acceptors (Lipinski definition) is 5. The zero-order valence-electron chi connectivity index (χ0n) is 11.2. The van der Waals surface area contributed by atoms with Crippen molar-refractivity contribution in [1.29, 1.82) is 0 Å². The van der Waals surface area contributed by atoms with E-state index in [0.29, 0.717) is 16.9 Å². The molecule has 6 nitrogen and oxygen atoms in total. The third-order valence-corrected chi connectivity index (χ3v) is 5.07. The molecule has 0 heterocycles. The predicted octanol–water partition coefficient (Wildman–Crippen LogP) is 0.404. The monoisotopic (exact) mass is 285 g/mol. The van der Waals surface area contributed by atoms with Crippen LogP contribution in [0, 0.1) is 0 Å². The minimum atomic E-state index is -3.26. The summed E-state index contributed by atoms with van der Waals surface area (Å²) in [5.74, 6) is -0.407. The molecule has 7 heteroatoms. The Balaban J connectivity index is 2.82. The summed E-state index contributed by atoms with van der Waals surface area (Å²) in [6, 6.07) is 4.51. The van der Waals surface area contributed by atoms with Crippen LogP contribution in [0.3, 0.4) is 0 Å². The molecular weight excluding hydrogens is 266 g/mol. The Morgan fingerprint density at radius 3 is 2.11 bits per heavy atom. The standard InChI is InChI=1S/C12H19N3O3S/c1-12(2,19(3,17)18)7-15-11(16)8-4-9(13)6-10(14)5-8/h4-6H,7,13-14H2,1-3H3,(H,15,16). The molecule has 0 bridgehead atoms. The maximum Gasteiger partial charge on any atom is 0.251 e. The third-order valence-electron chi connectivity index (χ3n) is 2.92. The number of nitrogens with two attached hydrogens (primary N) is 2. The van der Waals surface area contributed by atoms with Gasteiger partial charge < -0.3 is 16.8 Å². The highest BCUT2D eigenvalue weighted by atomic mass is 32.2. The van der Waals surface area contributed by atoms with Gasteiger partial charge in [-0.3, -0.25) is 4.79 Å². The molecule has 0 radical (unpaired) electrons. The van der Waals surface area contributed by atoms with E-state index in [0.717, 1.165) is 6.26 Å². The van der Waals surface area contributed by atoms with Crippen LogP contribution >= 0.6 is 0 Å². The van der Waals surface area contributed by atoms with Crippen LogP contribution in [0.2, 0.25) is 0 Å². The van der Waals surface area contributed by atoms with Crippen molar-refractivity contribution in [2.75, 3.05) is 24.3 Å². The Labute approximate surface area is 113 Å². The van der Waals surface area contributed by atoms with E-state index in [-0.39, 0.29) is 6.54 Å². The molecule has 1 amide bonds. The lowest BCUT2D eigenvalue weighted by Gasteiger charge is -2.22. The number of amides is 1. The first-order chi connectivity index (χ1) is 8.53. The first-order valence-electron chi connectivity index (χ1n) is 5.67. The summed E-state index contributed by atoms with van der Waals surface area (Å²) in [6.45, 7) is 3.12. The second-order valence-electron chi connectivity index (χ2n) is 5.10. The normalized spacial score (nSPS) is 12.2. The summed E-state index contributed by atoms with van der Waals surface area (Å²) in [5.41, 5.74) is 12.3. The van der Waals surface area contributed by atoms with Crippen molar-refractivity contribution < 1.29 is 13.2 Å². The average Bonchev–Trinajstić information content (AvgIpc) is 2.23. The SMILES string of the molecule is CC(C)(CNC(=O)c1cc(N)cc(N)c1)S(C)(=O)=O. The molecule has 0 aliphatic rings. The molecule has 1 aromatic rings. The zero-order valence-corrected chi connectivity index (χ0v) is 12.0. The number of nitrogens with one attached hydrogen (secondary N) is 1. The van der Waals surface area contributed by atoms with Crippen LogP contribution in [0.15, 0.2) is 18.2 Å². The molecule has 19 heavy (non-hydrogen) atoms. The average molecular weight is 285 g/mol. The Bertz CT molecular complexity index is 574. The number of carbonyl (C=O) groups is 1. The van der Waals surface area contributed by atoms with E-state index < -0.39 is 20.5 Å². The molecule has 0 aliphatic carbocycles. The Morgan fingerprint density at radius 2 is 1.68 bits per heavy atom. The van der Waals surface area contributed by atoms with Crippen LogP contribution in [0.25, 0.3) is 0 Å². The fraction of sp³-hybridized carbons (Fsp3) is 0.417. The van der Waals surface area contributed by atoms with Crippen molar-refractivity contribution >= 4 is 27.1 Å². The fourth-order valence-electron chi connectivity index (χ4n) is 1.33. The van der Waals surface area contributed by atoms with Crippen LogP contribution in [-0.2, 0) is 9.84 Å². The van der Waals surface area contributed by atoms with Gasteiger partial charge in [0.25, 0.3) is 5.91 Å². The Hall–Kier alpha value is -1.76. The van der Waals surface area contributed by atoms with Crippen molar-refractivity contribution in [3.8, 4) is 0 Å². The van der Waals surface area contributed by atoms with Gasteiger partial charge in [0.15, 0.2) is 9.84 Å². The summed E-state index contributed by atoms with van der Waals surface area (Å²) in [5, 5.41) is 2.57. The number of hydrogen-bond donors (Lipinski definition) is 3. The summed E-state index contributed by atoms with van der Waals surface area (Å²) >= 11 is 0. The number of nitrogen functional groups attached to an aromatic ring is 2. The summed E-state index contributed by atoms with van der Waals surface area (Å²) in [6.07, 6.45) is 1.14. The zero-order chi connectivity index (χ0) is 14.8. The van der Waals surface area contributed by atoms with Gasteiger partial charge in [-0.2, -0.15) is 0 Å². The topological polar surface area (TPSA) is 115 Å². The van der Waals surface area contributed by atoms with Gasteiger partial charge in [0.1, 0.15) is 0 Å². The van der Waals surface area contributed by atoms with Crippen LogP contribution < -0.4 is 16.8 Å². The van der Waals surface area contributed by atoms with Gasteiger partial charge in [-0.15, -0.1) is 0 Å². The lowest BCUT2D eigenvalue weighted by molar-refractivity contribution is 0.0950. The van der Waals surface area contributed by atoms with Gasteiger partial charge in [0.05, 0.1) is 4.75 Å². The van der Waals surface area contributed by atoms with Crippen molar-refractivity contribution in [3.63, 3.8) is 0 Å². The molecule has 0 fully saturated rings. The van der Waals surface area contributed by atoms with E-state index in [2.05, 4.69) is 5.32 Å². The lowest BCUT2D eigenvalue weighted by Crippen LogP contribution is -2.43. The second-order valence-corrected chi connectivity index (χ2v) is 7.75.